The van der Waals surface area contributed by atoms with Crippen LogP contribution in [-0.4, -0.2) is 16.6 Å². The van der Waals surface area contributed by atoms with Crippen LogP contribution in [0.15, 0.2) is 18.6 Å². The van der Waals surface area contributed by atoms with Crippen LogP contribution in [0.2, 0.25) is 0 Å². The van der Waals surface area contributed by atoms with Crippen LogP contribution in [-0.2, 0) is 4.84 Å². The topological polar surface area (TPSA) is 61.0 Å². The summed E-state index contributed by atoms with van der Waals surface area (Å²) < 4.78 is 0. The second-order valence-corrected chi connectivity index (χ2v) is 2.37. The van der Waals surface area contributed by atoms with Gasteiger partial charge in [-0.2, -0.15) is 0 Å². The van der Waals surface area contributed by atoms with Crippen LogP contribution in [0.25, 0.3) is 0 Å². The van der Waals surface area contributed by atoms with Gasteiger partial charge >= 0.3 is 0 Å². The van der Waals surface area contributed by atoms with E-state index in [4.69, 9.17) is 5.90 Å². The number of hydrogen-bond acceptors (Lipinski definition) is 4. The van der Waals surface area contributed by atoms with Gasteiger partial charge < -0.3 is 4.84 Å². The highest BCUT2D eigenvalue weighted by Crippen LogP contribution is 2.09. The molecule has 4 heteroatoms. The van der Waals surface area contributed by atoms with Crippen molar-refractivity contribution < 1.29 is 4.84 Å². The van der Waals surface area contributed by atoms with Gasteiger partial charge in [-0.25, -0.2) is 15.9 Å². The lowest BCUT2D eigenvalue weighted by atomic mass is 10.1. The van der Waals surface area contributed by atoms with Gasteiger partial charge in [-0.3, -0.25) is 0 Å². The molecule has 0 amide bonds. The zero-order chi connectivity index (χ0) is 8.10. The molecule has 1 unspecified atom stereocenters. The number of nitrogens with zero attached hydrogens (tertiary/aromatic N) is 2. The molecule has 1 aromatic rings. The van der Waals surface area contributed by atoms with Gasteiger partial charge in [0, 0.05) is 17.8 Å². The molecule has 0 aliphatic carbocycles. The normalized spacial score (nSPS) is 12.9. The first-order valence-corrected chi connectivity index (χ1v) is 3.42. The van der Waals surface area contributed by atoms with Crippen molar-refractivity contribution >= 4 is 0 Å². The molecule has 1 rings (SSSR count). The SMILES string of the molecule is CC(CON)c1ccncn1. The predicted octanol–water partition coefficient (Wildman–Crippen LogP) is 0.470. The van der Waals surface area contributed by atoms with Crippen molar-refractivity contribution in [3.8, 4) is 0 Å². The molecule has 1 atom stereocenters. The summed E-state index contributed by atoms with van der Waals surface area (Å²) in [5.41, 5.74) is 0.949. The molecule has 4 nitrogen and oxygen atoms in total. The molecular formula is C7H11N3O. The van der Waals surface area contributed by atoms with Gasteiger partial charge in [0.25, 0.3) is 0 Å². The molecular weight excluding hydrogens is 142 g/mol. The fourth-order valence-electron chi connectivity index (χ4n) is 0.822. The maximum Gasteiger partial charge on any atom is 0.115 e. The number of nitrogens with two attached hydrogens (primary N) is 1. The average Bonchev–Trinajstić information content (AvgIpc) is 2.07. The highest BCUT2D eigenvalue weighted by atomic mass is 16.6. The Hall–Kier alpha value is -1.00. The molecule has 11 heavy (non-hydrogen) atoms. The second kappa shape index (κ2) is 4.00. The zero-order valence-corrected chi connectivity index (χ0v) is 6.40. The lowest BCUT2D eigenvalue weighted by molar-refractivity contribution is 0.126. The number of aromatic nitrogens is 2. The number of hydrogen-bond donors (Lipinski definition) is 1. The molecule has 2 N–H and O–H groups in total. The summed E-state index contributed by atoms with van der Waals surface area (Å²) in [5.74, 6) is 5.15. The largest absolute Gasteiger partial charge is 0.304 e. The minimum absolute atomic E-state index is 0.225. The van der Waals surface area contributed by atoms with Crippen molar-refractivity contribution in [3.05, 3.63) is 24.3 Å². The minimum atomic E-state index is 0.225. The molecule has 60 valence electrons. The second-order valence-electron chi connectivity index (χ2n) is 2.37. The van der Waals surface area contributed by atoms with Crippen molar-refractivity contribution in [3.63, 3.8) is 0 Å². The summed E-state index contributed by atoms with van der Waals surface area (Å²) in [6, 6.07) is 1.85. The highest BCUT2D eigenvalue weighted by Gasteiger charge is 2.04. The first-order chi connectivity index (χ1) is 5.34. The Labute approximate surface area is 65.4 Å². The van der Waals surface area contributed by atoms with E-state index < -0.39 is 0 Å². The summed E-state index contributed by atoms with van der Waals surface area (Å²) in [6.07, 6.45) is 3.22. The van der Waals surface area contributed by atoms with E-state index in [0.29, 0.717) is 6.61 Å². The summed E-state index contributed by atoms with van der Waals surface area (Å²) in [4.78, 5) is 12.4. The first-order valence-electron chi connectivity index (χ1n) is 3.42. The van der Waals surface area contributed by atoms with Crippen LogP contribution < -0.4 is 5.90 Å². The summed E-state index contributed by atoms with van der Waals surface area (Å²) >= 11 is 0. The molecule has 0 radical (unpaired) electrons. The van der Waals surface area contributed by atoms with Crippen LogP contribution in [0.5, 0.6) is 0 Å². The molecule has 1 heterocycles. The fraction of sp³-hybridized carbons (Fsp3) is 0.429. The lowest BCUT2D eigenvalue weighted by Crippen LogP contribution is -2.09. The quantitative estimate of drug-likeness (QED) is 0.641. The Balaban J connectivity index is 2.61. The van der Waals surface area contributed by atoms with Crippen molar-refractivity contribution in [2.45, 2.75) is 12.8 Å². The van der Waals surface area contributed by atoms with Gasteiger partial charge in [0.05, 0.1) is 6.61 Å². The third kappa shape index (κ3) is 2.25. The Morgan fingerprint density at radius 3 is 3.09 bits per heavy atom. The van der Waals surface area contributed by atoms with E-state index in [9.17, 15) is 0 Å². The first kappa shape index (κ1) is 8.10. The maximum atomic E-state index is 4.92. The van der Waals surface area contributed by atoms with Gasteiger partial charge in [-0.15, -0.1) is 0 Å². The van der Waals surface area contributed by atoms with E-state index >= 15 is 0 Å². The van der Waals surface area contributed by atoms with Gasteiger partial charge in [0.1, 0.15) is 6.33 Å². The van der Waals surface area contributed by atoms with Crippen molar-refractivity contribution in [2.24, 2.45) is 5.90 Å². The van der Waals surface area contributed by atoms with E-state index in [1.807, 2.05) is 13.0 Å². The monoisotopic (exact) mass is 153 g/mol. The van der Waals surface area contributed by atoms with Crippen LogP contribution in [0, 0.1) is 0 Å². The number of rotatable bonds is 3. The molecule has 0 bridgehead atoms. The van der Waals surface area contributed by atoms with Crippen molar-refractivity contribution in [1.82, 2.24) is 9.97 Å². The zero-order valence-electron chi connectivity index (χ0n) is 6.40. The van der Waals surface area contributed by atoms with Gasteiger partial charge in [0.2, 0.25) is 0 Å². The van der Waals surface area contributed by atoms with Crippen molar-refractivity contribution in [1.29, 1.82) is 0 Å². The summed E-state index contributed by atoms with van der Waals surface area (Å²) in [5, 5.41) is 0. The Bertz CT molecular complexity index is 202. The third-order valence-corrected chi connectivity index (χ3v) is 1.46. The van der Waals surface area contributed by atoms with Crippen LogP contribution in [0.3, 0.4) is 0 Å². The molecule has 0 aromatic carbocycles. The molecule has 1 aromatic heterocycles. The molecule has 0 fully saturated rings. The minimum Gasteiger partial charge on any atom is -0.304 e. The van der Waals surface area contributed by atoms with E-state index in [1.165, 1.54) is 6.33 Å². The highest BCUT2D eigenvalue weighted by molar-refractivity contribution is 5.03. The van der Waals surface area contributed by atoms with Crippen molar-refractivity contribution in [2.75, 3.05) is 6.61 Å². The summed E-state index contributed by atoms with van der Waals surface area (Å²) in [7, 11) is 0. The molecule has 0 aliphatic heterocycles. The molecule has 0 spiro atoms. The van der Waals surface area contributed by atoms with Crippen LogP contribution in [0.4, 0.5) is 0 Å². The van der Waals surface area contributed by atoms with Crippen LogP contribution >= 0.6 is 0 Å². The molecule has 0 aliphatic rings. The van der Waals surface area contributed by atoms with E-state index in [2.05, 4.69) is 14.8 Å². The molecule has 0 saturated carbocycles. The molecule has 0 saturated heterocycles. The lowest BCUT2D eigenvalue weighted by Gasteiger charge is -2.06. The average molecular weight is 153 g/mol. The van der Waals surface area contributed by atoms with E-state index in [-0.39, 0.29) is 5.92 Å². The van der Waals surface area contributed by atoms with Crippen LogP contribution in [0.1, 0.15) is 18.5 Å². The predicted molar refractivity (Wildman–Crippen MR) is 40.6 cm³/mol. The van der Waals surface area contributed by atoms with Gasteiger partial charge in [-0.05, 0) is 6.07 Å². The Morgan fingerprint density at radius 2 is 2.55 bits per heavy atom. The smallest absolute Gasteiger partial charge is 0.115 e. The standard InChI is InChI=1S/C7H11N3O/c1-6(4-11-8)7-2-3-9-5-10-7/h2-3,5-6H,4,8H2,1H3. The Morgan fingerprint density at radius 1 is 1.73 bits per heavy atom. The third-order valence-electron chi connectivity index (χ3n) is 1.46. The maximum absolute atomic E-state index is 4.92. The van der Waals surface area contributed by atoms with Gasteiger partial charge in [0.15, 0.2) is 0 Å². The summed E-state index contributed by atoms with van der Waals surface area (Å²) in [6.45, 7) is 2.48. The van der Waals surface area contributed by atoms with E-state index in [1.54, 1.807) is 6.20 Å². The Kier molecular flexibility index (Phi) is 2.95. The van der Waals surface area contributed by atoms with E-state index in [0.717, 1.165) is 5.69 Å². The fourth-order valence-corrected chi connectivity index (χ4v) is 0.822. The van der Waals surface area contributed by atoms with Gasteiger partial charge in [-0.1, -0.05) is 6.92 Å².